The van der Waals surface area contributed by atoms with Crippen molar-refractivity contribution in [1.29, 1.82) is 0 Å². The van der Waals surface area contributed by atoms with Crippen LogP contribution in [0.15, 0.2) is 42.5 Å². The van der Waals surface area contributed by atoms with Gasteiger partial charge in [-0.15, -0.1) is 0 Å². The van der Waals surface area contributed by atoms with Gasteiger partial charge in [0.15, 0.2) is 5.65 Å². The Morgan fingerprint density at radius 1 is 1.08 bits per heavy atom. The van der Waals surface area contributed by atoms with Crippen LogP contribution < -0.4 is 5.32 Å². The molecule has 0 aliphatic carbocycles. The number of alkyl halides is 3. The third kappa shape index (κ3) is 3.57. The minimum atomic E-state index is -4.60. The van der Waals surface area contributed by atoms with Gasteiger partial charge in [0, 0.05) is 10.9 Å². The molecule has 2 aromatic heterocycles. The molecule has 2 heterocycles. The van der Waals surface area contributed by atoms with Gasteiger partial charge in [-0.3, -0.25) is 4.79 Å². The number of rotatable bonds is 2. The average molecular weight is 349 g/mol. The first-order chi connectivity index (χ1) is 11.7. The zero-order chi connectivity index (χ0) is 18.2. The van der Waals surface area contributed by atoms with E-state index in [1.165, 1.54) is 37.3 Å². The number of amides is 1. The fourth-order valence-electron chi connectivity index (χ4n) is 2.30. The Balaban J connectivity index is 1.96. The summed E-state index contributed by atoms with van der Waals surface area (Å²) in [6.45, 7) is 1.52. The summed E-state index contributed by atoms with van der Waals surface area (Å²) in [7, 11) is 0. The second-order valence-electron chi connectivity index (χ2n) is 5.35. The lowest BCUT2D eigenvalue weighted by atomic mass is 10.1. The molecule has 0 aliphatic rings. The molecule has 8 heteroatoms. The van der Waals surface area contributed by atoms with E-state index in [1.54, 1.807) is 0 Å². The standard InChI is InChI=1S/C17H11F4N3O/c1-9-7-13(17(19,20)21)22-15-12(9)5-6-14(23-15)24-16(25)10-3-2-4-11(18)8-10/h2-8H,1H3,(H,22,23,24,25). The van der Waals surface area contributed by atoms with Crippen molar-refractivity contribution in [3.8, 4) is 0 Å². The van der Waals surface area contributed by atoms with Gasteiger partial charge < -0.3 is 5.32 Å². The van der Waals surface area contributed by atoms with Gasteiger partial charge in [-0.25, -0.2) is 14.4 Å². The van der Waals surface area contributed by atoms with Gasteiger partial charge >= 0.3 is 6.18 Å². The molecule has 4 nitrogen and oxygen atoms in total. The average Bonchev–Trinajstić information content (AvgIpc) is 2.53. The number of aryl methyl sites for hydroxylation is 1. The molecule has 0 fully saturated rings. The molecule has 1 amide bonds. The third-order valence-electron chi connectivity index (χ3n) is 3.50. The predicted octanol–water partition coefficient (Wildman–Crippen LogP) is 4.35. The molecule has 3 aromatic rings. The number of fused-ring (bicyclic) bond motifs is 1. The van der Waals surface area contributed by atoms with Crippen LogP contribution in [0.25, 0.3) is 11.0 Å². The molecule has 1 N–H and O–H groups in total. The van der Waals surface area contributed by atoms with Gasteiger partial charge in [0.05, 0.1) is 0 Å². The molecule has 0 unspecified atom stereocenters. The van der Waals surface area contributed by atoms with Gasteiger partial charge in [0.2, 0.25) is 0 Å². The van der Waals surface area contributed by atoms with Gasteiger partial charge in [-0.1, -0.05) is 6.07 Å². The number of anilines is 1. The fourth-order valence-corrected chi connectivity index (χ4v) is 2.30. The Morgan fingerprint density at radius 2 is 1.84 bits per heavy atom. The number of nitrogens with zero attached hydrogens (tertiary/aromatic N) is 2. The maximum absolute atomic E-state index is 13.2. The first-order valence-electron chi connectivity index (χ1n) is 7.16. The second kappa shape index (κ2) is 6.12. The highest BCUT2D eigenvalue weighted by Gasteiger charge is 2.33. The van der Waals surface area contributed by atoms with Crippen molar-refractivity contribution in [2.45, 2.75) is 13.1 Å². The van der Waals surface area contributed by atoms with E-state index in [9.17, 15) is 22.4 Å². The van der Waals surface area contributed by atoms with Crippen LogP contribution in [-0.2, 0) is 6.18 Å². The second-order valence-corrected chi connectivity index (χ2v) is 5.35. The van der Waals surface area contributed by atoms with E-state index in [0.717, 1.165) is 12.1 Å². The highest BCUT2D eigenvalue weighted by molar-refractivity contribution is 6.04. The lowest BCUT2D eigenvalue weighted by molar-refractivity contribution is -0.141. The van der Waals surface area contributed by atoms with Crippen LogP contribution >= 0.6 is 0 Å². The maximum atomic E-state index is 13.2. The molecule has 0 saturated carbocycles. The number of hydrogen-bond acceptors (Lipinski definition) is 3. The van der Waals surface area contributed by atoms with E-state index in [0.29, 0.717) is 10.9 Å². The molecule has 0 atom stereocenters. The molecule has 0 spiro atoms. The topological polar surface area (TPSA) is 54.9 Å². The van der Waals surface area contributed by atoms with Crippen LogP contribution in [0.5, 0.6) is 0 Å². The summed E-state index contributed by atoms with van der Waals surface area (Å²) in [5.41, 5.74) is -0.758. The van der Waals surface area contributed by atoms with Crippen molar-refractivity contribution >= 4 is 22.8 Å². The van der Waals surface area contributed by atoms with Crippen molar-refractivity contribution in [3.05, 3.63) is 65.1 Å². The molecule has 0 saturated heterocycles. The third-order valence-corrected chi connectivity index (χ3v) is 3.50. The number of carbonyl (C=O) groups excluding carboxylic acids is 1. The van der Waals surface area contributed by atoms with Crippen molar-refractivity contribution in [3.63, 3.8) is 0 Å². The minimum Gasteiger partial charge on any atom is -0.306 e. The van der Waals surface area contributed by atoms with Gasteiger partial charge in [0.25, 0.3) is 5.91 Å². The Kier molecular flexibility index (Phi) is 4.12. The largest absolute Gasteiger partial charge is 0.433 e. The Bertz CT molecular complexity index is 970. The van der Waals surface area contributed by atoms with Crippen LogP contribution in [0.2, 0.25) is 0 Å². The van der Waals surface area contributed by atoms with E-state index in [4.69, 9.17) is 0 Å². The van der Waals surface area contributed by atoms with Crippen LogP contribution in [-0.4, -0.2) is 15.9 Å². The minimum absolute atomic E-state index is 0.0213. The number of nitrogens with one attached hydrogen (secondary N) is 1. The number of aromatic nitrogens is 2. The molecular formula is C17H11F4N3O. The fraction of sp³-hybridized carbons (Fsp3) is 0.118. The highest BCUT2D eigenvalue weighted by Crippen LogP contribution is 2.30. The quantitative estimate of drug-likeness (QED) is 0.700. The molecule has 0 bridgehead atoms. The first kappa shape index (κ1) is 16.8. The molecule has 25 heavy (non-hydrogen) atoms. The number of hydrogen-bond donors (Lipinski definition) is 1. The number of pyridine rings is 2. The van der Waals surface area contributed by atoms with Crippen LogP contribution in [0.1, 0.15) is 21.6 Å². The van der Waals surface area contributed by atoms with E-state index in [2.05, 4.69) is 15.3 Å². The van der Waals surface area contributed by atoms with Crippen LogP contribution in [0.4, 0.5) is 23.4 Å². The normalized spacial score (nSPS) is 11.6. The molecule has 0 radical (unpaired) electrons. The summed E-state index contributed by atoms with van der Waals surface area (Å²) in [6.07, 6.45) is -4.60. The molecule has 0 aliphatic heterocycles. The summed E-state index contributed by atoms with van der Waals surface area (Å²) in [5.74, 6) is -1.19. The van der Waals surface area contributed by atoms with Crippen molar-refractivity contribution in [1.82, 2.24) is 9.97 Å². The van der Waals surface area contributed by atoms with Crippen molar-refractivity contribution < 1.29 is 22.4 Å². The molecule has 128 valence electrons. The summed E-state index contributed by atoms with van der Waals surface area (Å²) < 4.78 is 51.8. The van der Waals surface area contributed by atoms with Gasteiger partial charge in [-0.05, 0) is 48.9 Å². The van der Waals surface area contributed by atoms with Gasteiger partial charge in [-0.2, -0.15) is 13.2 Å². The van der Waals surface area contributed by atoms with Crippen LogP contribution in [0, 0.1) is 12.7 Å². The predicted molar refractivity (Wildman–Crippen MR) is 83.6 cm³/mol. The maximum Gasteiger partial charge on any atom is 0.433 e. The van der Waals surface area contributed by atoms with Crippen LogP contribution in [0.3, 0.4) is 0 Å². The highest BCUT2D eigenvalue weighted by atomic mass is 19.4. The molecule has 1 aromatic carbocycles. The first-order valence-corrected chi connectivity index (χ1v) is 7.16. The summed E-state index contributed by atoms with van der Waals surface area (Å²) in [5, 5.41) is 2.86. The lowest BCUT2D eigenvalue weighted by Crippen LogP contribution is -2.14. The Labute approximate surface area is 139 Å². The number of benzene rings is 1. The van der Waals surface area contributed by atoms with E-state index >= 15 is 0 Å². The molecular weight excluding hydrogens is 338 g/mol. The monoisotopic (exact) mass is 349 g/mol. The lowest BCUT2D eigenvalue weighted by Gasteiger charge is -2.10. The van der Waals surface area contributed by atoms with E-state index in [-0.39, 0.29) is 17.0 Å². The smallest absolute Gasteiger partial charge is 0.306 e. The SMILES string of the molecule is Cc1cc(C(F)(F)F)nc2nc(NC(=O)c3cccc(F)c3)ccc12. The van der Waals surface area contributed by atoms with Gasteiger partial charge in [0.1, 0.15) is 17.3 Å². The number of halogens is 4. The summed E-state index contributed by atoms with van der Waals surface area (Å²) in [4.78, 5) is 19.6. The number of carbonyl (C=O) groups is 1. The zero-order valence-corrected chi connectivity index (χ0v) is 12.9. The summed E-state index contributed by atoms with van der Waals surface area (Å²) in [6, 6.07) is 8.92. The van der Waals surface area contributed by atoms with Crippen molar-refractivity contribution in [2.75, 3.05) is 5.32 Å². The van der Waals surface area contributed by atoms with Crippen molar-refractivity contribution in [2.24, 2.45) is 0 Å². The van der Waals surface area contributed by atoms with E-state index in [1.807, 2.05) is 0 Å². The summed E-state index contributed by atoms with van der Waals surface area (Å²) >= 11 is 0. The Hall–Kier alpha value is -3.03. The molecule has 3 rings (SSSR count). The zero-order valence-electron chi connectivity index (χ0n) is 12.9. The van der Waals surface area contributed by atoms with E-state index < -0.39 is 23.6 Å². The Morgan fingerprint density at radius 3 is 2.52 bits per heavy atom.